The molecule has 7 heteroatoms. The SMILES string of the molecule is CCOc1ccc2c(C(=O)NCC(=O)NC(C)C)cc(=O)oc2c1. The molecule has 0 aliphatic carbocycles. The first-order valence-corrected chi connectivity index (χ1v) is 7.69. The van der Waals surface area contributed by atoms with Gasteiger partial charge in [0.15, 0.2) is 0 Å². The molecule has 0 saturated carbocycles. The summed E-state index contributed by atoms with van der Waals surface area (Å²) in [6.45, 7) is 5.79. The minimum Gasteiger partial charge on any atom is -0.494 e. The average Bonchev–Trinajstić information content (AvgIpc) is 2.51. The molecule has 1 aromatic carbocycles. The number of ether oxygens (including phenoxy) is 1. The van der Waals surface area contributed by atoms with Crippen molar-refractivity contribution in [1.29, 1.82) is 0 Å². The largest absolute Gasteiger partial charge is 0.494 e. The van der Waals surface area contributed by atoms with Gasteiger partial charge in [0, 0.05) is 23.6 Å². The number of nitrogens with one attached hydrogen (secondary N) is 2. The summed E-state index contributed by atoms with van der Waals surface area (Å²) in [5, 5.41) is 5.64. The molecule has 2 amide bonds. The van der Waals surface area contributed by atoms with E-state index in [2.05, 4.69) is 10.6 Å². The third-order valence-electron chi connectivity index (χ3n) is 3.13. The number of fused-ring (bicyclic) bond motifs is 1. The average molecular weight is 332 g/mol. The summed E-state index contributed by atoms with van der Waals surface area (Å²) in [6, 6.07) is 5.98. The van der Waals surface area contributed by atoms with Gasteiger partial charge in [0.25, 0.3) is 5.91 Å². The van der Waals surface area contributed by atoms with Gasteiger partial charge in [-0.2, -0.15) is 0 Å². The molecule has 2 N–H and O–H groups in total. The minimum atomic E-state index is -0.645. The molecule has 0 aliphatic heterocycles. The molecule has 0 atom stereocenters. The second-order valence-electron chi connectivity index (χ2n) is 5.47. The molecule has 1 aromatic heterocycles. The summed E-state index contributed by atoms with van der Waals surface area (Å²) in [6.07, 6.45) is 0. The third-order valence-corrected chi connectivity index (χ3v) is 3.13. The molecule has 0 radical (unpaired) electrons. The second-order valence-corrected chi connectivity index (χ2v) is 5.47. The molecule has 0 spiro atoms. The number of hydrogen-bond acceptors (Lipinski definition) is 5. The highest BCUT2D eigenvalue weighted by molar-refractivity contribution is 6.06. The van der Waals surface area contributed by atoms with E-state index in [1.54, 1.807) is 18.2 Å². The lowest BCUT2D eigenvalue weighted by atomic mass is 10.1. The second kappa shape index (κ2) is 7.63. The molecule has 24 heavy (non-hydrogen) atoms. The molecule has 128 valence electrons. The Balaban J connectivity index is 2.25. The van der Waals surface area contributed by atoms with Crippen LogP contribution < -0.4 is 21.0 Å². The Bertz CT molecular complexity index is 810. The summed E-state index contributed by atoms with van der Waals surface area (Å²) >= 11 is 0. The quantitative estimate of drug-likeness (QED) is 0.780. The van der Waals surface area contributed by atoms with Crippen molar-refractivity contribution < 1.29 is 18.7 Å². The van der Waals surface area contributed by atoms with Crippen LogP contribution in [0.25, 0.3) is 11.0 Å². The Morgan fingerprint density at radius 3 is 2.67 bits per heavy atom. The van der Waals surface area contributed by atoms with E-state index in [-0.39, 0.29) is 29.6 Å². The van der Waals surface area contributed by atoms with Gasteiger partial charge in [0.1, 0.15) is 11.3 Å². The molecule has 2 rings (SSSR count). The van der Waals surface area contributed by atoms with Crippen LogP contribution in [-0.2, 0) is 4.79 Å². The first-order chi connectivity index (χ1) is 11.4. The summed E-state index contributed by atoms with van der Waals surface area (Å²) < 4.78 is 10.5. The first kappa shape index (κ1) is 17.5. The molecule has 0 aliphatic rings. The fraction of sp³-hybridized carbons (Fsp3) is 0.353. The van der Waals surface area contributed by atoms with Gasteiger partial charge in [-0.1, -0.05) is 0 Å². The maximum Gasteiger partial charge on any atom is 0.337 e. The van der Waals surface area contributed by atoms with Crippen LogP contribution in [0.2, 0.25) is 0 Å². The van der Waals surface area contributed by atoms with E-state index in [4.69, 9.17) is 9.15 Å². The Morgan fingerprint density at radius 1 is 1.25 bits per heavy atom. The Labute approximate surface area is 139 Å². The van der Waals surface area contributed by atoms with Crippen molar-refractivity contribution in [2.24, 2.45) is 0 Å². The molecule has 0 fully saturated rings. The molecule has 0 saturated heterocycles. The van der Waals surface area contributed by atoms with E-state index in [1.807, 2.05) is 20.8 Å². The highest BCUT2D eigenvalue weighted by Gasteiger charge is 2.15. The maximum atomic E-state index is 12.3. The molecular formula is C17H20N2O5. The van der Waals surface area contributed by atoms with E-state index in [0.717, 1.165) is 6.07 Å². The van der Waals surface area contributed by atoms with Crippen LogP contribution in [0.4, 0.5) is 0 Å². The number of carbonyl (C=O) groups is 2. The van der Waals surface area contributed by atoms with Gasteiger partial charge in [-0.15, -0.1) is 0 Å². The normalized spacial score (nSPS) is 10.7. The maximum absolute atomic E-state index is 12.3. The van der Waals surface area contributed by atoms with Gasteiger partial charge >= 0.3 is 5.63 Å². The van der Waals surface area contributed by atoms with Gasteiger partial charge in [-0.25, -0.2) is 4.79 Å². The van der Waals surface area contributed by atoms with Gasteiger partial charge < -0.3 is 19.8 Å². The number of carbonyl (C=O) groups excluding carboxylic acids is 2. The van der Waals surface area contributed by atoms with Crippen LogP contribution in [-0.4, -0.2) is 31.0 Å². The van der Waals surface area contributed by atoms with Gasteiger partial charge in [-0.05, 0) is 32.9 Å². The van der Waals surface area contributed by atoms with Crippen molar-refractivity contribution >= 4 is 22.8 Å². The predicted octanol–water partition coefficient (Wildman–Crippen LogP) is 1.45. The van der Waals surface area contributed by atoms with E-state index < -0.39 is 11.5 Å². The highest BCUT2D eigenvalue weighted by atomic mass is 16.5. The van der Waals surface area contributed by atoms with Crippen molar-refractivity contribution in [3.8, 4) is 5.75 Å². The van der Waals surface area contributed by atoms with Crippen molar-refractivity contribution in [3.63, 3.8) is 0 Å². The van der Waals surface area contributed by atoms with Crippen LogP contribution in [0.15, 0.2) is 33.5 Å². The lowest BCUT2D eigenvalue weighted by Crippen LogP contribution is -2.40. The predicted molar refractivity (Wildman–Crippen MR) is 89.3 cm³/mol. The highest BCUT2D eigenvalue weighted by Crippen LogP contribution is 2.22. The van der Waals surface area contributed by atoms with Crippen molar-refractivity contribution in [2.45, 2.75) is 26.8 Å². The summed E-state index contributed by atoms with van der Waals surface area (Å²) in [5.41, 5.74) is -0.236. The van der Waals surface area contributed by atoms with Gasteiger partial charge in [0.05, 0.1) is 18.7 Å². The lowest BCUT2D eigenvalue weighted by molar-refractivity contribution is -0.120. The van der Waals surface area contributed by atoms with Crippen molar-refractivity contribution in [3.05, 3.63) is 40.2 Å². The number of amides is 2. The number of rotatable bonds is 6. The van der Waals surface area contributed by atoms with Gasteiger partial charge in [0.2, 0.25) is 5.91 Å². The van der Waals surface area contributed by atoms with Crippen LogP contribution >= 0.6 is 0 Å². The molecule has 2 aromatic rings. The Kier molecular flexibility index (Phi) is 5.57. The Morgan fingerprint density at radius 2 is 2.00 bits per heavy atom. The first-order valence-electron chi connectivity index (χ1n) is 7.69. The number of hydrogen-bond donors (Lipinski definition) is 2. The van der Waals surface area contributed by atoms with Crippen LogP contribution in [0.3, 0.4) is 0 Å². The molecule has 0 unspecified atom stereocenters. The monoisotopic (exact) mass is 332 g/mol. The van der Waals surface area contributed by atoms with Crippen molar-refractivity contribution in [1.82, 2.24) is 10.6 Å². The van der Waals surface area contributed by atoms with Crippen LogP contribution in [0.5, 0.6) is 5.75 Å². The summed E-state index contributed by atoms with van der Waals surface area (Å²) in [4.78, 5) is 35.6. The zero-order valence-electron chi connectivity index (χ0n) is 13.8. The van der Waals surface area contributed by atoms with Crippen LogP contribution in [0.1, 0.15) is 31.1 Å². The zero-order valence-corrected chi connectivity index (χ0v) is 13.8. The lowest BCUT2D eigenvalue weighted by Gasteiger charge is -2.10. The standard InChI is InChI=1S/C17H20N2O5/c1-4-23-11-5-6-12-13(8-16(21)24-14(12)7-11)17(22)18-9-15(20)19-10(2)3/h5-8,10H,4,9H2,1-3H3,(H,18,22)(H,19,20). The summed E-state index contributed by atoms with van der Waals surface area (Å²) in [7, 11) is 0. The molecular weight excluding hydrogens is 312 g/mol. The summed E-state index contributed by atoms with van der Waals surface area (Å²) in [5.74, 6) is -0.276. The zero-order chi connectivity index (χ0) is 17.7. The third kappa shape index (κ3) is 4.34. The van der Waals surface area contributed by atoms with Crippen molar-refractivity contribution in [2.75, 3.05) is 13.2 Å². The minimum absolute atomic E-state index is 0.0176. The van der Waals surface area contributed by atoms with Crippen LogP contribution in [0, 0.1) is 0 Å². The smallest absolute Gasteiger partial charge is 0.337 e. The molecule has 7 nitrogen and oxygen atoms in total. The van der Waals surface area contributed by atoms with Gasteiger partial charge in [-0.3, -0.25) is 9.59 Å². The number of benzene rings is 1. The van der Waals surface area contributed by atoms with E-state index >= 15 is 0 Å². The Hall–Kier alpha value is -2.83. The van der Waals surface area contributed by atoms with E-state index in [1.165, 1.54) is 0 Å². The van der Waals surface area contributed by atoms with E-state index in [9.17, 15) is 14.4 Å². The fourth-order valence-electron chi connectivity index (χ4n) is 2.22. The fourth-order valence-corrected chi connectivity index (χ4v) is 2.22. The molecule has 1 heterocycles. The molecule has 0 bridgehead atoms. The topological polar surface area (TPSA) is 97.6 Å². The van der Waals surface area contributed by atoms with E-state index in [0.29, 0.717) is 17.7 Å².